The van der Waals surface area contributed by atoms with Gasteiger partial charge in [-0.15, -0.1) is 0 Å². The summed E-state index contributed by atoms with van der Waals surface area (Å²) in [5.41, 5.74) is 2.68. The first-order valence-electron chi connectivity index (χ1n) is 7.36. The predicted molar refractivity (Wildman–Crippen MR) is 90.1 cm³/mol. The molecule has 1 heterocycles. The third kappa shape index (κ3) is 4.11. The van der Waals surface area contributed by atoms with E-state index < -0.39 is 0 Å². The largest absolute Gasteiger partial charge is 0.349 e. The van der Waals surface area contributed by atoms with Crippen LogP contribution in [0.5, 0.6) is 0 Å². The molecule has 0 fully saturated rings. The van der Waals surface area contributed by atoms with Crippen LogP contribution in [0.4, 0.5) is 0 Å². The lowest BCUT2D eigenvalue weighted by atomic mass is 10.00. The third-order valence-electron chi connectivity index (χ3n) is 3.76. The fraction of sp³-hybridized carbons (Fsp3) is 0.562. The number of halogens is 1. The molecule has 0 saturated carbocycles. The number of fused-ring (bicyclic) bond motifs is 1. The zero-order valence-corrected chi connectivity index (χ0v) is 14.2. The highest BCUT2D eigenvalue weighted by Gasteiger charge is 2.17. The Balaban J connectivity index is 1.93. The third-order valence-corrected chi connectivity index (χ3v) is 4.11. The van der Waals surface area contributed by atoms with Crippen LogP contribution in [0.1, 0.15) is 11.1 Å². The maximum Gasteiger partial charge on any atom is 0.195 e. The Morgan fingerprint density at radius 2 is 1.95 bits per heavy atom. The van der Waals surface area contributed by atoms with Gasteiger partial charge >= 0.3 is 0 Å². The molecular formula is C16H25ClN4. The van der Waals surface area contributed by atoms with E-state index in [0.29, 0.717) is 0 Å². The second kappa shape index (κ2) is 7.14. The minimum absolute atomic E-state index is 0.821. The summed E-state index contributed by atoms with van der Waals surface area (Å²) in [6, 6.07) is 6.21. The zero-order chi connectivity index (χ0) is 15.4. The summed E-state index contributed by atoms with van der Waals surface area (Å²) in [6.45, 7) is 3.84. The maximum atomic E-state index is 6.25. The number of hydrogen-bond acceptors (Lipinski definition) is 2. The van der Waals surface area contributed by atoms with E-state index in [0.717, 1.165) is 43.6 Å². The summed E-state index contributed by atoms with van der Waals surface area (Å²) in [5, 5.41) is 0.910. The highest BCUT2D eigenvalue weighted by Crippen LogP contribution is 2.25. The second-order valence-electron chi connectivity index (χ2n) is 5.87. The van der Waals surface area contributed by atoms with Gasteiger partial charge in [-0.3, -0.25) is 9.89 Å². The van der Waals surface area contributed by atoms with E-state index in [-0.39, 0.29) is 0 Å². The molecule has 0 saturated heterocycles. The molecule has 1 aliphatic rings. The molecule has 4 nitrogen and oxygen atoms in total. The molecule has 0 unspecified atom stereocenters. The monoisotopic (exact) mass is 308 g/mol. The number of rotatable bonds is 3. The molecule has 0 radical (unpaired) electrons. The van der Waals surface area contributed by atoms with Gasteiger partial charge in [0.1, 0.15) is 0 Å². The molecule has 0 spiro atoms. The lowest BCUT2D eigenvalue weighted by Gasteiger charge is -2.29. The average Bonchev–Trinajstić information content (AvgIpc) is 2.43. The Labute approximate surface area is 133 Å². The minimum atomic E-state index is 0.821. The van der Waals surface area contributed by atoms with Crippen molar-refractivity contribution < 1.29 is 0 Å². The van der Waals surface area contributed by atoms with Gasteiger partial charge in [-0.2, -0.15) is 0 Å². The lowest BCUT2D eigenvalue weighted by molar-refractivity contribution is 0.261. The van der Waals surface area contributed by atoms with E-state index in [9.17, 15) is 0 Å². The molecule has 0 aliphatic carbocycles. The summed E-state index contributed by atoms with van der Waals surface area (Å²) in [4.78, 5) is 11.2. The molecular weight excluding hydrogens is 284 g/mol. The topological polar surface area (TPSA) is 22.1 Å². The molecule has 1 aliphatic heterocycles. The van der Waals surface area contributed by atoms with E-state index in [1.54, 1.807) is 0 Å². The van der Waals surface area contributed by atoms with Crippen molar-refractivity contribution in [1.29, 1.82) is 0 Å². The van der Waals surface area contributed by atoms with Crippen LogP contribution in [-0.2, 0) is 13.0 Å². The van der Waals surface area contributed by atoms with E-state index in [4.69, 9.17) is 16.6 Å². The summed E-state index contributed by atoms with van der Waals surface area (Å²) < 4.78 is 0. The molecule has 1 aromatic carbocycles. The van der Waals surface area contributed by atoms with Crippen molar-refractivity contribution in [2.75, 3.05) is 47.8 Å². The van der Waals surface area contributed by atoms with Crippen molar-refractivity contribution in [3.8, 4) is 0 Å². The smallest absolute Gasteiger partial charge is 0.195 e. The van der Waals surface area contributed by atoms with Crippen molar-refractivity contribution >= 4 is 17.6 Å². The normalized spacial score (nSPS) is 14.5. The Morgan fingerprint density at radius 1 is 1.24 bits per heavy atom. The molecule has 0 N–H and O–H groups in total. The highest BCUT2D eigenvalue weighted by molar-refractivity contribution is 6.31. The van der Waals surface area contributed by atoms with E-state index >= 15 is 0 Å². The number of guanidine groups is 1. The first-order valence-corrected chi connectivity index (χ1v) is 7.74. The predicted octanol–water partition coefficient (Wildman–Crippen LogP) is 2.18. The van der Waals surface area contributed by atoms with Gasteiger partial charge in [-0.1, -0.05) is 23.7 Å². The quantitative estimate of drug-likeness (QED) is 0.631. The lowest BCUT2D eigenvalue weighted by Crippen LogP contribution is -2.37. The highest BCUT2D eigenvalue weighted by atomic mass is 35.5. The van der Waals surface area contributed by atoms with Crippen LogP contribution in [0.3, 0.4) is 0 Å². The van der Waals surface area contributed by atoms with Gasteiger partial charge in [-0.05, 0) is 23.6 Å². The van der Waals surface area contributed by atoms with Crippen LogP contribution < -0.4 is 0 Å². The average molecular weight is 309 g/mol. The van der Waals surface area contributed by atoms with Gasteiger partial charge in [0, 0.05) is 52.8 Å². The first-order chi connectivity index (χ1) is 9.99. The molecule has 0 aromatic heterocycles. The van der Waals surface area contributed by atoms with Crippen LogP contribution in [0.25, 0.3) is 0 Å². The molecule has 5 heteroatoms. The van der Waals surface area contributed by atoms with Crippen LogP contribution in [0.15, 0.2) is 23.2 Å². The van der Waals surface area contributed by atoms with E-state index in [1.165, 1.54) is 11.1 Å². The summed E-state index contributed by atoms with van der Waals surface area (Å²) >= 11 is 6.25. The van der Waals surface area contributed by atoms with Gasteiger partial charge in [0.15, 0.2) is 5.96 Å². The van der Waals surface area contributed by atoms with E-state index in [1.807, 2.05) is 50.1 Å². The number of benzene rings is 1. The van der Waals surface area contributed by atoms with E-state index in [2.05, 4.69) is 11.0 Å². The molecule has 0 amide bonds. The van der Waals surface area contributed by atoms with Crippen molar-refractivity contribution in [1.82, 2.24) is 14.7 Å². The Hall–Kier alpha value is -1.26. The van der Waals surface area contributed by atoms with Crippen LogP contribution in [0, 0.1) is 0 Å². The molecule has 1 aromatic rings. The van der Waals surface area contributed by atoms with Gasteiger partial charge in [0.25, 0.3) is 0 Å². The second-order valence-corrected chi connectivity index (χ2v) is 6.28. The maximum absolute atomic E-state index is 6.25. The molecule has 2 rings (SSSR count). The SMILES string of the molecule is CN(C)C(=NCCN1CCc2c(Cl)cccc2C1)N(C)C. The van der Waals surface area contributed by atoms with Gasteiger partial charge < -0.3 is 9.80 Å². The molecule has 0 bridgehead atoms. The molecule has 21 heavy (non-hydrogen) atoms. The van der Waals surface area contributed by atoms with Crippen LogP contribution >= 0.6 is 11.6 Å². The molecule has 116 valence electrons. The zero-order valence-electron chi connectivity index (χ0n) is 13.4. The van der Waals surface area contributed by atoms with Crippen LogP contribution in [0.2, 0.25) is 5.02 Å². The Bertz CT molecular complexity index is 501. The number of hydrogen-bond donors (Lipinski definition) is 0. The summed E-state index contributed by atoms with van der Waals surface area (Å²) in [6.07, 6.45) is 1.03. The molecule has 0 atom stereocenters. The number of nitrogens with zero attached hydrogens (tertiary/aromatic N) is 4. The summed E-state index contributed by atoms with van der Waals surface area (Å²) in [5.74, 6) is 1.01. The number of aliphatic imine (C=N–C) groups is 1. The Morgan fingerprint density at radius 3 is 2.62 bits per heavy atom. The summed E-state index contributed by atoms with van der Waals surface area (Å²) in [7, 11) is 8.10. The van der Waals surface area contributed by atoms with Crippen molar-refractivity contribution in [2.24, 2.45) is 4.99 Å². The Kier molecular flexibility index (Phi) is 5.48. The fourth-order valence-corrected chi connectivity index (χ4v) is 3.08. The van der Waals surface area contributed by atoms with Gasteiger partial charge in [-0.25, -0.2) is 0 Å². The van der Waals surface area contributed by atoms with Crippen molar-refractivity contribution in [3.63, 3.8) is 0 Å². The van der Waals surface area contributed by atoms with Crippen molar-refractivity contribution in [2.45, 2.75) is 13.0 Å². The first kappa shape index (κ1) is 16.1. The van der Waals surface area contributed by atoms with Gasteiger partial charge in [0.05, 0.1) is 6.54 Å². The van der Waals surface area contributed by atoms with Crippen LogP contribution in [-0.4, -0.2) is 68.5 Å². The fourth-order valence-electron chi connectivity index (χ4n) is 2.79. The standard InChI is InChI=1S/C16H25ClN4/c1-19(2)16(20(3)4)18-9-11-21-10-8-14-13(12-21)6-5-7-15(14)17/h5-7H,8-12H2,1-4H3. The minimum Gasteiger partial charge on any atom is -0.349 e. The van der Waals surface area contributed by atoms with Crippen molar-refractivity contribution in [3.05, 3.63) is 34.3 Å². The van der Waals surface area contributed by atoms with Gasteiger partial charge in [0.2, 0.25) is 0 Å².